The molecule has 0 aliphatic carbocycles. The van der Waals surface area contributed by atoms with Gasteiger partial charge in [-0.05, 0) is 61.9 Å². The van der Waals surface area contributed by atoms with Crippen LogP contribution in [-0.2, 0) is 9.59 Å². The van der Waals surface area contributed by atoms with Gasteiger partial charge in [-0.3, -0.25) is 9.59 Å². The van der Waals surface area contributed by atoms with Crippen molar-refractivity contribution in [2.75, 3.05) is 43.6 Å². The van der Waals surface area contributed by atoms with Crippen molar-refractivity contribution in [3.63, 3.8) is 0 Å². The smallest absolute Gasteiger partial charge is 0.282 e. The molecule has 2 aromatic carbocycles. The summed E-state index contributed by atoms with van der Waals surface area (Å²) in [7, 11) is 3.86. The molecule has 1 atom stereocenters. The molecule has 1 saturated heterocycles. The number of piperidine rings is 1. The number of benzene rings is 2. The van der Waals surface area contributed by atoms with E-state index >= 15 is 0 Å². The Morgan fingerprint density at radius 3 is 2.53 bits per heavy atom. The third-order valence-corrected chi connectivity index (χ3v) is 6.41. The molecule has 6 heteroatoms. The molecule has 0 spiro atoms. The maximum atomic E-state index is 13.8. The van der Waals surface area contributed by atoms with Gasteiger partial charge in [0, 0.05) is 39.5 Å². The van der Waals surface area contributed by atoms with E-state index in [1.807, 2.05) is 74.1 Å². The third-order valence-electron chi connectivity index (χ3n) is 6.41. The first-order chi connectivity index (χ1) is 15.3. The summed E-state index contributed by atoms with van der Waals surface area (Å²) in [4.78, 5) is 32.8. The van der Waals surface area contributed by atoms with E-state index in [-0.39, 0.29) is 24.3 Å². The predicted octanol–water partition coefficient (Wildman–Crippen LogP) is 3.36. The van der Waals surface area contributed by atoms with Crippen LogP contribution >= 0.6 is 0 Å². The number of aryl methyl sites for hydroxylation is 2. The van der Waals surface area contributed by atoms with E-state index in [4.69, 9.17) is 0 Å². The van der Waals surface area contributed by atoms with Crippen molar-refractivity contribution in [3.8, 4) is 0 Å². The molecular formula is C26H31N3O3. The Morgan fingerprint density at radius 1 is 1.06 bits per heavy atom. The largest absolute Gasteiger partial charge is 0.396 e. The lowest BCUT2D eigenvalue weighted by Crippen LogP contribution is -2.40. The van der Waals surface area contributed by atoms with Crippen LogP contribution in [0.4, 0.5) is 11.4 Å². The fourth-order valence-corrected chi connectivity index (χ4v) is 4.71. The van der Waals surface area contributed by atoms with Gasteiger partial charge in [-0.15, -0.1) is 0 Å². The van der Waals surface area contributed by atoms with Gasteiger partial charge < -0.3 is 14.9 Å². The minimum atomic E-state index is -0.293. The highest BCUT2D eigenvalue weighted by atomic mass is 16.3. The summed E-state index contributed by atoms with van der Waals surface area (Å²) in [6, 6.07) is 13.4. The fourth-order valence-electron chi connectivity index (χ4n) is 4.71. The molecule has 6 nitrogen and oxygen atoms in total. The summed E-state index contributed by atoms with van der Waals surface area (Å²) in [5, 5.41) is 9.73. The maximum absolute atomic E-state index is 13.8. The van der Waals surface area contributed by atoms with Crippen LogP contribution < -0.4 is 9.80 Å². The zero-order valence-electron chi connectivity index (χ0n) is 19.3. The second kappa shape index (κ2) is 8.79. The van der Waals surface area contributed by atoms with Gasteiger partial charge in [-0.25, -0.2) is 4.90 Å². The lowest BCUT2D eigenvalue weighted by atomic mass is 9.95. The number of imide groups is 1. The number of nitrogens with zero attached hydrogens (tertiary/aromatic N) is 3. The first-order valence-corrected chi connectivity index (χ1v) is 11.2. The number of rotatable bonds is 5. The van der Waals surface area contributed by atoms with E-state index in [1.165, 1.54) is 4.90 Å². The SMILES string of the molecule is Cc1ccc(C2=C(N3CCCC(CO)C3)C(=O)N(c3cccc(N(C)C)c3)C2=O)c(C)c1. The molecule has 2 amide bonds. The molecule has 1 fully saturated rings. The van der Waals surface area contributed by atoms with Gasteiger partial charge in [0.15, 0.2) is 0 Å². The number of carbonyl (C=O) groups is 2. The van der Waals surface area contributed by atoms with Crippen LogP contribution in [0, 0.1) is 19.8 Å². The lowest BCUT2D eigenvalue weighted by Gasteiger charge is -2.34. The average Bonchev–Trinajstić information content (AvgIpc) is 3.03. The number of aliphatic hydroxyl groups is 1. The minimum absolute atomic E-state index is 0.0827. The Bertz CT molecular complexity index is 1090. The topological polar surface area (TPSA) is 64.1 Å². The Kier molecular flexibility index (Phi) is 6.07. The second-order valence-corrected chi connectivity index (χ2v) is 9.04. The lowest BCUT2D eigenvalue weighted by molar-refractivity contribution is -0.120. The minimum Gasteiger partial charge on any atom is -0.396 e. The number of likely N-dealkylation sites (tertiary alicyclic amines) is 1. The average molecular weight is 434 g/mol. The second-order valence-electron chi connectivity index (χ2n) is 9.04. The molecule has 168 valence electrons. The highest BCUT2D eigenvalue weighted by Crippen LogP contribution is 2.38. The van der Waals surface area contributed by atoms with E-state index < -0.39 is 0 Å². The fraction of sp³-hybridized carbons (Fsp3) is 0.385. The van der Waals surface area contributed by atoms with E-state index in [0.29, 0.717) is 30.0 Å². The summed E-state index contributed by atoms with van der Waals surface area (Å²) in [6.07, 6.45) is 1.81. The molecule has 2 aromatic rings. The first kappa shape index (κ1) is 22.1. The van der Waals surface area contributed by atoms with Crippen molar-refractivity contribution in [3.05, 3.63) is 64.9 Å². The Hall–Kier alpha value is -3.12. The van der Waals surface area contributed by atoms with Crippen LogP contribution in [0.1, 0.15) is 29.5 Å². The number of amides is 2. The van der Waals surface area contributed by atoms with Gasteiger partial charge in [-0.2, -0.15) is 0 Å². The summed E-state index contributed by atoms with van der Waals surface area (Å²) < 4.78 is 0. The molecule has 2 heterocycles. The van der Waals surface area contributed by atoms with Gasteiger partial charge in [0.25, 0.3) is 11.8 Å². The van der Waals surface area contributed by atoms with Crippen molar-refractivity contribution in [2.24, 2.45) is 5.92 Å². The van der Waals surface area contributed by atoms with Crippen molar-refractivity contribution >= 4 is 28.8 Å². The third kappa shape index (κ3) is 3.91. The molecule has 0 bridgehead atoms. The Balaban J connectivity index is 1.84. The van der Waals surface area contributed by atoms with Crippen LogP contribution in [0.3, 0.4) is 0 Å². The van der Waals surface area contributed by atoms with Crippen molar-refractivity contribution < 1.29 is 14.7 Å². The molecule has 2 aliphatic heterocycles. The van der Waals surface area contributed by atoms with Crippen LogP contribution in [-0.4, -0.2) is 55.6 Å². The first-order valence-electron chi connectivity index (χ1n) is 11.2. The predicted molar refractivity (Wildman–Crippen MR) is 127 cm³/mol. The summed E-state index contributed by atoms with van der Waals surface area (Å²) in [5.41, 5.74) is 5.28. The molecule has 2 aliphatic rings. The Labute approximate surface area is 189 Å². The number of hydrogen-bond donors (Lipinski definition) is 1. The zero-order valence-corrected chi connectivity index (χ0v) is 19.3. The van der Waals surface area contributed by atoms with E-state index in [9.17, 15) is 14.7 Å². The maximum Gasteiger partial charge on any atom is 0.282 e. The van der Waals surface area contributed by atoms with Crippen LogP contribution in [0.5, 0.6) is 0 Å². The summed E-state index contributed by atoms with van der Waals surface area (Å²) in [6.45, 7) is 5.35. The monoisotopic (exact) mass is 433 g/mol. The van der Waals surface area contributed by atoms with Crippen LogP contribution in [0.25, 0.3) is 5.57 Å². The zero-order chi connectivity index (χ0) is 23.0. The number of anilines is 2. The molecule has 4 rings (SSSR count). The van der Waals surface area contributed by atoms with Gasteiger partial charge in [0.2, 0.25) is 0 Å². The molecule has 1 N–H and O–H groups in total. The summed E-state index contributed by atoms with van der Waals surface area (Å²) >= 11 is 0. The standard InChI is InChI=1S/C26H31N3O3/c1-17-10-11-22(18(2)13-17)23-24(28-12-6-7-19(15-28)16-30)26(32)29(25(23)31)21-9-5-8-20(14-21)27(3)4/h5,8-11,13-14,19,30H,6-7,12,15-16H2,1-4H3. The van der Waals surface area contributed by atoms with Gasteiger partial charge in [0.05, 0.1) is 11.3 Å². The molecule has 0 radical (unpaired) electrons. The molecule has 1 unspecified atom stereocenters. The molecular weight excluding hydrogens is 402 g/mol. The van der Waals surface area contributed by atoms with Crippen LogP contribution in [0.2, 0.25) is 0 Å². The Morgan fingerprint density at radius 2 is 1.84 bits per heavy atom. The molecule has 0 saturated carbocycles. The van der Waals surface area contributed by atoms with Crippen molar-refractivity contribution in [1.29, 1.82) is 0 Å². The molecule has 0 aromatic heterocycles. The van der Waals surface area contributed by atoms with E-state index in [0.717, 1.165) is 35.2 Å². The number of carbonyl (C=O) groups excluding carboxylic acids is 2. The van der Waals surface area contributed by atoms with Gasteiger partial charge in [0.1, 0.15) is 5.70 Å². The molecule has 32 heavy (non-hydrogen) atoms. The van der Waals surface area contributed by atoms with Crippen molar-refractivity contribution in [1.82, 2.24) is 4.90 Å². The van der Waals surface area contributed by atoms with Gasteiger partial charge in [-0.1, -0.05) is 29.8 Å². The van der Waals surface area contributed by atoms with Crippen molar-refractivity contribution in [2.45, 2.75) is 26.7 Å². The summed E-state index contributed by atoms with van der Waals surface area (Å²) in [5.74, 6) is -0.482. The van der Waals surface area contributed by atoms with Crippen LogP contribution in [0.15, 0.2) is 48.2 Å². The normalized spacial score (nSPS) is 19.2. The highest BCUT2D eigenvalue weighted by molar-refractivity contribution is 6.45. The van der Waals surface area contributed by atoms with E-state index in [1.54, 1.807) is 6.07 Å². The quantitative estimate of drug-likeness (QED) is 0.733. The highest BCUT2D eigenvalue weighted by Gasteiger charge is 2.43. The van der Waals surface area contributed by atoms with Gasteiger partial charge >= 0.3 is 0 Å². The number of aliphatic hydroxyl groups excluding tert-OH is 1. The number of hydrogen-bond acceptors (Lipinski definition) is 5. The van der Waals surface area contributed by atoms with E-state index in [2.05, 4.69) is 0 Å².